The fraction of sp³-hybridized carbons (Fsp3) is 0. The number of amides is 2. The van der Waals surface area contributed by atoms with Gasteiger partial charge in [0, 0.05) is 5.02 Å². The van der Waals surface area contributed by atoms with Crippen molar-refractivity contribution >= 4 is 52.3 Å². The molecule has 0 aliphatic rings. The van der Waals surface area contributed by atoms with Gasteiger partial charge in [0.25, 0.3) is 11.8 Å². The zero-order chi connectivity index (χ0) is 23.3. The number of hydrazine groups is 2. The molecule has 4 N–H and O–H groups in total. The second-order valence-electron chi connectivity index (χ2n) is 5.94. The van der Waals surface area contributed by atoms with Crippen LogP contribution in [0.3, 0.4) is 0 Å². The lowest BCUT2D eigenvalue weighted by Gasteiger charge is -2.12. The molecule has 3 rings (SSSR count). The molecule has 164 valence electrons. The van der Waals surface area contributed by atoms with Crippen molar-refractivity contribution in [1.29, 1.82) is 0 Å². The van der Waals surface area contributed by atoms with Crippen LogP contribution in [0.25, 0.3) is 0 Å². The van der Waals surface area contributed by atoms with Crippen LogP contribution < -0.4 is 21.7 Å². The number of nitrogens with one attached hydrogen (secondary N) is 4. The van der Waals surface area contributed by atoms with Gasteiger partial charge in [-0.05, 0) is 30.3 Å². The standard InChI is InChI=1S/C18H12Cl2FN7O4/c19-9-5-6-10(12(20)7-9)17(29)26-24-15-14(28(31)32)16(23-8-22-15)25-27-18(30)11-3-1-2-4-13(11)21/h1-8H,(H,26,29)(H,27,30)(H2,22,23,24,25). The lowest BCUT2D eigenvalue weighted by atomic mass is 10.2. The van der Waals surface area contributed by atoms with Gasteiger partial charge in [-0.1, -0.05) is 35.3 Å². The van der Waals surface area contributed by atoms with E-state index in [1.54, 1.807) is 0 Å². The Morgan fingerprint density at radius 3 is 2.09 bits per heavy atom. The average molecular weight is 480 g/mol. The number of nitro groups is 1. The summed E-state index contributed by atoms with van der Waals surface area (Å²) in [6.45, 7) is 0. The summed E-state index contributed by atoms with van der Waals surface area (Å²) in [6.07, 6.45) is 0.939. The molecule has 0 aliphatic carbocycles. The second kappa shape index (κ2) is 9.85. The third-order valence-corrected chi connectivity index (χ3v) is 4.44. The molecule has 0 unspecified atom stereocenters. The lowest BCUT2D eigenvalue weighted by Crippen LogP contribution is -2.32. The Morgan fingerprint density at radius 1 is 0.938 bits per heavy atom. The third-order valence-electron chi connectivity index (χ3n) is 3.89. The van der Waals surface area contributed by atoms with E-state index >= 15 is 0 Å². The first-order valence-electron chi connectivity index (χ1n) is 8.59. The van der Waals surface area contributed by atoms with Crippen LogP contribution in [0.5, 0.6) is 0 Å². The maximum absolute atomic E-state index is 13.7. The number of rotatable bonds is 7. The average Bonchev–Trinajstić information content (AvgIpc) is 2.75. The second-order valence-corrected chi connectivity index (χ2v) is 6.78. The summed E-state index contributed by atoms with van der Waals surface area (Å²) in [7, 11) is 0. The first kappa shape index (κ1) is 22.7. The van der Waals surface area contributed by atoms with E-state index in [1.807, 2.05) is 0 Å². The van der Waals surface area contributed by atoms with Gasteiger partial charge in [0.15, 0.2) is 0 Å². The summed E-state index contributed by atoms with van der Waals surface area (Å²) in [5, 5.41) is 11.9. The topological polar surface area (TPSA) is 151 Å². The minimum atomic E-state index is -0.892. The molecule has 0 saturated carbocycles. The molecule has 14 heteroatoms. The van der Waals surface area contributed by atoms with Gasteiger partial charge >= 0.3 is 5.69 Å². The monoisotopic (exact) mass is 479 g/mol. The fourth-order valence-electron chi connectivity index (χ4n) is 2.42. The molecule has 3 aromatic rings. The van der Waals surface area contributed by atoms with Gasteiger partial charge < -0.3 is 0 Å². The Hall–Kier alpha value is -4.03. The smallest absolute Gasteiger partial charge is 0.276 e. The summed E-state index contributed by atoms with van der Waals surface area (Å²) in [6, 6.07) is 9.31. The Labute approximate surface area is 189 Å². The van der Waals surface area contributed by atoms with Gasteiger partial charge in [0.05, 0.1) is 21.1 Å². The van der Waals surface area contributed by atoms with Crippen molar-refractivity contribution < 1.29 is 18.9 Å². The molecule has 1 heterocycles. The predicted octanol–water partition coefficient (Wildman–Crippen LogP) is 3.34. The van der Waals surface area contributed by atoms with E-state index in [9.17, 15) is 24.1 Å². The third kappa shape index (κ3) is 5.17. The molecule has 32 heavy (non-hydrogen) atoms. The Bertz CT molecular complexity index is 1210. The first-order valence-corrected chi connectivity index (χ1v) is 9.35. The van der Waals surface area contributed by atoms with Crippen LogP contribution in [0.2, 0.25) is 10.0 Å². The van der Waals surface area contributed by atoms with E-state index in [0.29, 0.717) is 5.02 Å². The Balaban J connectivity index is 1.76. The number of nitrogens with zero attached hydrogens (tertiary/aromatic N) is 3. The molecule has 0 fully saturated rings. The number of carbonyl (C=O) groups is 2. The number of aromatic nitrogens is 2. The van der Waals surface area contributed by atoms with Crippen LogP contribution >= 0.6 is 23.2 Å². The van der Waals surface area contributed by atoms with Gasteiger partial charge in [-0.15, -0.1) is 0 Å². The number of halogens is 3. The molecule has 2 amide bonds. The minimum Gasteiger partial charge on any atom is -0.276 e. The van der Waals surface area contributed by atoms with Gasteiger partial charge in [-0.25, -0.2) is 14.4 Å². The van der Waals surface area contributed by atoms with E-state index in [4.69, 9.17) is 23.2 Å². The fourth-order valence-corrected chi connectivity index (χ4v) is 2.91. The number of hydrogen-bond acceptors (Lipinski definition) is 8. The molecule has 1 aromatic heterocycles. The van der Waals surface area contributed by atoms with Gasteiger partial charge in [0.1, 0.15) is 12.1 Å². The van der Waals surface area contributed by atoms with Crippen LogP contribution in [0.1, 0.15) is 20.7 Å². The number of benzene rings is 2. The summed E-state index contributed by atoms with van der Waals surface area (Å²) in [5.74, 6) is -3.21. The lowest BCUT2D eigenvalue weighted by molar-refractivity contribution is -0.383. The zero-order valence-electron chi connectivity index (χ0n) is 15.7. The summed E-state index contributed by atoms with van der Waals surface area (Å²) in [4.78, 5) is 42.5. The highest BCUT2D eigenvalue weighted by Gasteiger charge is 2.24. The first-order chi connectivity index (χ1) is 15.3. The quantitative estimate of drug-likeness (QED) is 0.297. The summed E-state index contributed by atoms with van der Waals surface area (Å²) < 4.78 is 13.7. The van der Waals surface area contributed by atoms with Crippen LogP contribution in [0, 0.1) is 15.9 Å². The minimum absolute atomic E-state index is 0.0516. The number of hydrogen-bond donors (Lipinski definition) is 4. The van der Waals surface area contributed by atoms with Gasteiger partial charge in [-0.3, -0.25) is 41.4 Å². The van der Waals surface area contributed by atoms with Crippen LogP contribution in [0.4, 0.5) is 21.7 Å². The molecule has 0 spiro atoms. The van der Waals surface area contributed by atoms with Gasteiger partial charge in [-0.2, -0.15) is 0 Å². The van der Waals surface area contributed by atoms with Crippen molar-refractivity contribution in [2.24, 2.45) is 0 Å². The summed E-state index contributed by atoms with van der Waals surface area (Å²) >= 11 is 11.7. The van der Waals surface area contributed by atoms with Crippen molar-refractivity contribution in [1.82, 2.24) is 20.8 Å². The van der Waals surface area contributed by atoms with Crippen molar-refractivity contribution in [3.05, 3.63) is 85.9 Å². The molecule has 0 radical (unpaired) electrons. The maximum Gasteiger partial charge on any atom is 0.356 e. The van der Waals surface area contributed by atoms with Crippen molar-refractivity contribution in [2.75, 3.05) is 10.9 Å². The van der Waals surface area contributed by atoms with Crippen molar-refractivity contribution in [3.8, 4) is 0 Å². The zero-order valence-corrected chi connectivity index (χ0v) is 17.2. The van der Waals surface area contributed by atoms with E-state index in [1.165, 1.54) is 36.4 Å². The largest absolute Gasteiger partial charge is 0.356 e. The van der Waals surface area contributed by atoms with Crippen LogP contribution in [0.15, 0.2) is 48.8 Å². The molecular formula is C18H12Cl2FN7O4. The molecule has 0 saturated heterocycles. The predicted molar refractivity (Wildman–Crippen MR) is 114 cm³/mol. The van der Waals surface area contributed by atoms with E-state index in [-0.39, 0.29) is 16.1 Å². The molecule has 0 aliphatic heterocycles. The van der Waals surface area contributed by atoms with E-state index in [0.717, 1.165) is 12.4 Å². The Kier molecular flexibility index (Phi) is 6.97. The molecule has 2 aromatic carbocycles. The normalized spacial score (nSPS) is 10.2. The van der Waals surface area contributed by atoms with Gasteiger partial charge in [0.2, 0.25) is 11.6 Å². The van der Waals surface area contributed by atoms with Crippen molar-refractivity contribution in [2.45, 2.75) is 0 Å². The molecule has 11 nitrogen and oxygen atoms in total. The number of carbonyl (C=O) groups excluding carboxylic acids is 2. The number of anilines is 2. The SMILES string of the molecule is O=C(NNc1ncnc(NNC(=O)c2ccc(Cl)cc2Cl)c1[N+](=O)[O-])c1ccccc1F. The highest BCUT2D eigenvalue weighted by Crippen LogP contribution is 2.28. The molecule has 0 atom stereocenters. The maximum atomic E-state index is 13.7. The molecule has 0 bridgehead atoms. The van der Waals surface area contributed by atoms with E-state index < -0.39 is 39.9 Å². The Morgan fingerprint density at radius 2 is 1.53 bits per heavy atom. The highest BCUT2D eigenvalue weighted by atomic mass is 35.5. The van der Waals surface area contributed by atoms with E-state index in [2.05, 4.69) is 31.7 Å². The molecular weight excluding hydrogens is 468 g/mol. The van der Waals surface area contributed by atoms with Crippen LogP contribution in [-0.2, 0) is 0 Å². The highest BCUT2D eigenvalue weighted by molar-refractivity contribution is 6.36. The van der Waals surface area contributed by atoms with Crippen LogP contribution in [-0.4, -0.2) is 26.7 Å². The van der Waals surface area contributed by atoms with Crippen molar-refractivity contribution in [3.63, 3.8) is 0 Å². The summed E-state index contributed by atoms with van der Waals surface area (Å²) in [5.41, 5.74) is 7.95.